The largest absolute Gasteiger partial charge is 0.459 e. The molecule has 224 valence electrons. The van der Waals surface area contributed by atoms with Crippen LogP contribution in [0.5, 0.6) is 0 Å². The third-order valence-electron chi connectivity index (χ3n) is 5.98. The Morgan fingerprint density at radius 3 is 2.29 bits per heavy atom. The molecule has 0 aliphatic carbocycles. The Morgan fingerprint density at radius 2 is 1.73 bits per heavy atom. The van der Waals surface area contributed by atoms with E-state index >= 15 is 0 Å². The average molecular weight is 573 g/mol. The number of benzene rings is 1. The van der Waals surface area contributed by atoms with Gasteiger partial charge in [-0.3, -0.25) is 19.7 Å². The van der Waals surface area contributed by atoms with Crippen LogP contribution in [0.4, 0.5) is 10.5 Å². The van der Waals surface area contributed by atoms with Crippen molar-refractivity contribution in [3.63, 3.8) is 0 Å². The van der Waals surface area contributed by atoms with E-state index in [2.05, 4.69) is 16.0 Å². The summed E-state index contributed by atoms with van der Waals surface area (Å²) in [6, 6.07) is 8.20. The summed E-state index contributed by atoms with van der Waals surface area (Å²) in [4.78, 5) is 67.6. The summed E-state index contributed by atoms with van der Waals surface area (Å²) < 4.78 is 10.2. The van der Waals surface area contributed by atoms with Gasteiger partial charge in [0.05, 0.1) is 30.5 Å². The molecule has 2 aromatic rings. The fourth-order valence-electron chi connectivity index (χ4n) is 4.02. The minimum absolute atomic E-state index is 0.109. The van der Waals surface area contributed by atoms with E-state index in [4.69, 9.17) is 14.0 Å². The molecule has 0 fully saturated rings. The summed E-state index contributed by atoms with van der Waals surface area (Å²) in [6.45, 7) is 8.89. The third kappa shape index (κ3) is 11.0. The van der Waals surface area contributed by atoms with Crippen molar-refractivity contribution in [1.29, 1.82) is 0 Å². The predicted octanol–water partition coefficient (Wildman–Crippen LogP) is 4.64. The quantitative estimate of drug-likeness (QED) is 0.121. The minimum atomic E-state index is -0.808. The molecule has 12 heteroatoms. The molecule has 4 amide bonds. The van der Waals surface area contributed by atoms with Gasteiger partial charge in [-0.2, -0.15) is 5.06 Å². The number of carbonyl (C=O) groups excluding carboxylic acids is 5. The van der Waals surface area contributed by atoms with Crippen molar-refractivity contribution in [3.05, 3.63) is 54.0 Å². The second-order valence-electron chi connectivity index (χ2n) is 10.3. The first-order chi connectivity index (χ1) is 19.5. The lowest BCUT2D eigenvalue weighted by Gasteiger charge is -2.31. The van der Waals surface area contributed by atoms with Gasteiger partial charge in [-0.05, 0) is 70.0 Å². The van der Waals surface area contributed by atoms with Crippen molar-refractivity contribution < 1.29 is 38.0 Å². The van der Waals surface area contributed by atoms with E-state index in [0.717, 1.165) is 24.3 Å². The highest BCUT2D eigenvalue weighted by molar-refractivity contribution is 5.92. The predicted molar refractivity (Wildman–Crippen MR) is 151 cm³/mol. The molecule has 0 saturated carbocycles. The summed E-state index contributed by atoms with van der Waals surface area (Å²) in [5, 5.41) is 8.67. The van der Waals surface area contributed by atoms with Crippen LogP contribution in [0, 0.1) is 5.92 Å². The topological polar surface area (TPSA) is 156 Å². The standard InChI is InChI=1S/C29H40N4O8/c1-6-8-9-11-22(25(35)30-18-31-26(36)24-12-10-17-39-24)23(7-2)33(19-34)41-27(37)20-13-15-21(16-14-20)32-28(38)40-29(3,4)5/h10,12-17,19,22-23H,6-9,11,18H2,1-5H3,(H,30,35)(H,31,36)(H,32,38)/t22-,23-/m1/s1. The van der Waals surface area contributed by atoms with Crippen molar-refractivity contribution in [2.45, 2.75) is 78.4 Å². The molecule has 2 rings (SSSR count). The number of furan rings is 1. The number of hydrogen-bond donors (Lipinski definition) is 3. The Hall–Kier alpha value is -4.35. The van der Waals surface area contributed by atoms with Crippen molar-refractivity contribution in [2.24, 2.45) is 5.92 Å². The Morgan fingerprint density at radius 1 is 1.02 bits per heavy atom. The van der Waals surface area contributed by atoms with E-state index in [-0.39, 0.29) is 18.0 Å². The molecule has 41 heavy (non-hydrogen) atoms. The summed E-state index contributed by atoms with van der Waals surface area (Å²) in [6.07, 6.45) is 4.40. The van der Waals surface area contributed by atoms with Crippen LogP contribution >= 0.6 is 0 Å². The lowest BCUT2D eigenvalue weighted by atomic mass is 9.90. The molecule has 1 aromatic heterocycles. The van der Waals surface area contributed by atoms with Crippen molar-refractivity contribution >= 4 is 36.0 Å². The van der Waals surface area contributed by atoms with E-state index < -0.39 is 41.4 Å². The first-order valence-corrected chi connectivity index (χ1v) is 13.6. The van der Waals surface area contributed by atoms with Crippen LogP contribution < -0.4 is 16.0 Å². The van der Waals surface area contributed by atoms with Gasteiger partial charge < -0.3 is 24.6 Å². The van der Waals surface area contributed by atoms with Gasteiger partial charge in [-0.15, -0.1) is 0 Å². The maximum atomic E-state index is 13.2. The van der Waals surface area contributed by atoms with Crippen LogP contribution in [0.3, 0.4) is 0 Å². The van der Waals surface area contributed by atoms with Gasteiger partial charge in [0.1, 0.15) is 5.60 Å². The lowest BCUT2D eigenvalue weighted by Crippen LogP contribution is -2.49. The van der Waals surface area contributed by atoms with Gasteiger partial charge in [0.2, 0.25) is 12.3 Å². The highest BCUT2D eigenvalue weighted by Crippen LogP contribution is 2.23. The van der Waals surface area contributed by atoms with E-state index in [0.29, 0.717) is 24.9 Å². The van der Waals surface area contributed by atoms with E-state index in [1.54, 1.807) is 33.8 Å². The molecular weight excluding hydrogens is 532 g/mol. The van der Waals surface area contributed by atoms with Crippen LogP contribution in [-0.4, -0.2) is 53.7 Å². The Kier molecular flexibility index (Phi) is 12.9. The van der Waals surface area contributed by atoms with Crippen LogP contribution in [0.25, 0.3) is 0 Å². The molecule has 0 radical (unpaired) electrons. The monoisotopic (exact) mass is 572 g/mol. The molecule has 1 heterocycles. The van der Waals surface area contributed by atoms with E-state index in [9.17, 15) is 24.0 Å². The smallest absolute Gasteiger partial charge is 0.412 e. The van der Waals surface area contributed by atoms with Gasteiger partial charge in [-0.25, -0.2) is 9.59 Å². The molecule has 0 unspecified atom stereocenters. The Labute approximate surface area is 240 Å². The number of nitrogens with one attached hydrogen (secondary N) is 3. The molecule has 0 aliphatic rings. The Balaban J connectivity index is 2.07. The number of ether oxygens (including phenoxy) is 1. The van der Waals surface area contributed by atoms with Gasteiger partial charge in [0.15, 0.2) is 5.76 Å². The zero-order valence-corrected chi connectivity index (χ0v) is 24.2. The molecular formula is C29H40N4O8. The fourth-order valence-corrected chi connectivity index (χ4v) is 4.02. The number of anilines is 1. The Bertz CT molecular complexity index is 1140. The zero-order chi connectivity index (χ0) is 30.4. The summed E-state index contributed by atoms with van der Waals surface area (Å²) in [5.41, 5.74) is -0.128. The lowest BCUT2D eigenvalue weighted by molar-refractivity contribution is -0.171. The SMILES string of the molecule is CCCCC[C@@H](C(=O)NCNC(=O)c1ccco1)[C@@H](CC)N(C=O)OC(=O)c1ccc(NC(=O)OC(C)(C)C)cc1. The van der Waals surface area contributed by atoms with Crippen molar-refractivity contribution in [1.82, 2.24) is 15.7 Å². The average Bonchev–Trinajstić information content (AvgIpc) is 3.46. The molecule has 1 aromatic carbocycles. The van der Waals surface area contributed by atoms with E-state index in [1.807, 2.05) is 6.92 Å². The van der Waals surface area contributed by atoms with Gasteiger partial charge >= 0.3 is 12.1 Å². The van der Waals surface area contributed by atoms with Crippen molar-refractivity contribution in [2.75, 3.05) is 12.0 Å². The van der Waals surface area contributed by atoms with Crippen molar-refractivity contribution in [3.8, 4) is 0 Å². The van der Waals surface area contributed by atoms with Gasteiger partial charge in [0.25, 0.3) is 5.91 Å². The highest BCUT2D eigenvalue weighted by atomic mass is 16.7. The molecule has 0 spiro atoms. The normalized spacial score (nSPS) is 12.4. The first kappa shape index (κ1) is 32.9. The second kappa shape index (κ2) is 16.0. The minimum Gasteiger partial charge on any atom is -0.459 e. The first-order valence-electron chi connectivity index (χ1n) is 13.6. The highest BCUT2D eigenvalue weighted by Gasteiger charge is 2.33. The van der Waals surface area contributed by atoms with E-state index in [1.165, 1.54) is 36.6 Å². The van der Waals surface area contributed by atoms with Crippen LogP contribution in [0.1, 0.15) is 87.6 Å². The number of amides is 4. The number of carbonyl (C=O) groups is 5. The number of hydroxylamine groups is 2. The molecule has 0 bridgehead atoms. The third-order valence-corrected chi connectivity index (χ3v) is 5.98. The number of rotatable bonds is 15. The zero-order valence-electron chi connectivity index (χ0n) is 24.2. The molecule has 2 atom stereocenters. The molecule has 3 N–H and O–H groups in total. The number of unbranched alkanes of at least 4 members (excludes halogenated alkanes) is 2. The fraction of sp³-hybridized carbons (Fsp3) is 0.483. The second-order valence-corrected chi connectivity index (χ2v) is 10.3. The van der Waals surface area contributed by atoms with Gasteiger partial charge in [0, 0.05) is 5.69 Å². The maximum Gasteiger partial charge on any atom is 0.412 e. The molecule has 12 nitrogen and oxygen atoms in total. The summed E-state index contributed by atoms with van der Waals surface area (Å²) >= 11 is 0. The summed E-state index contributed by atoms with van der Waals surface area (Å²) in [7, 11) is 0. The number of hydrogen-bond acceptors (Lipinski definition) is 8. The number of nitrogens with zero attached hydrogens (tertiary/aromatic N) is 1. The van der Waals surface area contributed by atoms with Crippen LogP contribution in [0.15, 0.2) is 47.1 Å². The van der Waals surface area contributed by atoms with Gasteiger partial charge in [-0.1, -0.05) is 33.1 Å². The van der Waals surface area contributed by atoms with Crippen LogP contribution in [-0.2, 0) is 19.2 Å². The molecule has 0 saturated heterocycles. The summed E-state index contributed by atoms with van der Waals surface area (Å²) in [5.74, 6) is -2.28. The maximum absolute atomic E-state index is 13.2. The molecule has 0 aliphatic heterocycles. The van der Waals surface area contributed by atoms with Crippen LogP contribution in [0.2, 0.25) is 0 Å².